The Bertz CT molecular complexity index is 1390. The van der Waals surface area contributed by atoms with Gasteiger partial charge in [-0.3, -0.25) is 14.2 Å². The van der Waals surface area contributed by atoms with E-state index >= 15 is 0 Å². The summed E-state index contributed by atoms with van der Waals surface area (Å²) < 4.78 is 16.2. The fourth-order valence-corrected chi connectivity index (χ4v) is 3.71. The molecule has 0 unspecified atom stereocenters. The van der Waals surface area contributed by atoms with Crippen LogP contribution >= 0.6 is 0 Å². The molecule has 33 heavy (non-hydrogen) atoms. The van der Waals surface area contributed by atoms with Gasteiger partial charge < -0.3 is 16.0 Å². The van der Waals surface area contributed by atoms with E-state index in [0.717, 1.165) is 19.3 Å². The molecule has 1 fully saturated rings. The summed E-state index contributed by atoms with van der Waals surface area (Å²) in [5.41, 5.74) is 1.22. The number of benzene rings is 1. The second kappa shape index (κ2) is 8.38. The van der Waals surface area contributed by atoms with Crippen molar-refractivity contribution in [2.24, 2.45) is 0 Å². The van der Waals surface area contributed by atoms with Crippen molar-refractivity contribution < 1.29 is 9.18 Å². The Hall–Kier alpha value is -4.21. The molecule has 10 heteroatoms. The Morgan fingerprint density at radius 3 is 2.67 bits per heavy atom. The van der Waals surface area contributed by atoms with E-state index in [1.165, 1.54) is 35.0 Å². The maximum atomic E-state index is 13.3. The number of hydrogen-bond acceptors (Lipinski definition) is 6. The van der Waals surface area contributed by atoms with E-state index in [4.69, 9.17) is 0 Å². The van der Waals surface area contributed by atoms with Crippen molar-refractivity contribution in [3.8, 4) is 5.69 Å². The molecular weight excluding hydrogens is 425 g/mol. The highest BCUT2D eigenvalue weighted by molar-refractivity contribution is 6.00. The second-order valence-corrected chi connectivity index (χ2v) is 7.87. The van der Waals surface area contributed by atoms with Crippen LogP contribution in [0.4, 0.5) is 21.7 Å². The zero-order valence-electron chi connectivity index (χ0n) is 17.9. The van der Waals surface area contributed by atoms with Gasteiger partial charge in [0.2, 0.25) is 0 Å². The number of amides is 1. The van der Waals surface area contributed by atoms with Crippen LogP contribution in [0.25, 0.3) is 11.3 Å². The first-order valence-corrected chi connectivity index (χ1v) is 10.7. The van der Waals surface area contributed by atoms with Crippen LogP contribution < -0.4 is 21.5 Å². The standard InChI is InChI=1S/C23H22FN7O2/c1-25-20-12-19(29-21-17(13-26-31(20)21)22(32)27-15-4-2-5-15)28-18-6-3-11-30(23(18)33)16-9-7-14(24)8-10-16/h3,6-13,15,25H,2,4-5H2,1H3,(H,27,32)(H,28,29). The molecule has 0 aliphatic heterocycles. The molecule has 1 aliphatic carbocycles. The number of nitrogens with one attached hydrogen (secondary N) is 3. The molecule has 9 nitrogen and oxygen atoms in total. The van der Waals surface area contributed by atoms with Crippen LogP contribution in [0.1, 0.15) is 29.6 Å². The molecule has 5 rings (SSSR count). The van der Waals surface area contributed by atoms with Gasteiger partial charge in [0.1, 0.15) is 28.7 Å². The SMILES string of the molecule is CNc1cc(Nc2cccn(-c3ccc(F)cc3)c2=O)nc2c(C(=O)NC3CCC3)cnn12. The fourth-order valence-electron chi connectivity index (χ4n) is 3.71. The van der Waals surface area contributed by atoms with E-state index in [-0.39, 0.29) is 29.0 Å². The van der Waals surface area contributed by atoms with E-state index in [1.54, 1.807) is 36.0 Å². The monoisotopic (exact) mass is 447 g/mol. The maximum absolute atomic E-state index is 13.3. The van der Waals surface area contributed by atoms with Gasteiger partial charge in [-0.05, 0) is 55.7 Å². The van der Waals surface area contributed by atoms with E-state index in [2.05, 4.69) is 26.0 Å². The van der Waals surface area contributed by atoms with Crippen molar-refractivity contribution in [1.82, 2.24) is 24.5 Å². The van der Waals surface area contributed by atoms with Crippen LogP contribution in [0.3, 0.4) is 0 Å². The van der Waals surface area contributed by atoms with Gasteiger partial charge in [0.15, 0.2) is 5.65 Å². The molecule has 3 N–H and O–H groups in total. The van der Waals surface area contributed by atoms with E-state index in [1.807, 2.05) is 0 Å². The first-order chi connectivity index (χ1) is 16.0. The third-order valence-corrected chi connectivity index (χ3v) is 5.73. The molecule has 1 aliphatic rings. The number of anilines is 3. The first-order valence-electron chi connectivity index (χ1n) is 10.7. The summed E-state index contributed by atoms with van der Waals surface area (Å²) in [6.07, 6.45) is 6.16. The summed E-state index contributed by atoms with van der Waals surface area (Å²) in [4.78, 5) is 30.3. The number of rotatable bonds is 6. The Morgan fingerprint density at radius 1 is 1.18 bits per heavy atom. The lowest BCUT2D eigenvalue weighted by atomic mass is 9.93. The lowest BCUT2D eigenvalue weighted by Gasteiger charge is -2.26. The van der Waals surface area contributed by atoms with Crippen LogP contribution in [0.5, 0.6) is 0 Å². The summed E-state index contributed by atoms with van der Waals surface area (Å²) in [5.74, 6) is 0.370. The van der Waals surface area contributed by atoms with Gasteiger partial charge in [-0.1, -0.05) is 0 Å². The molecule has 0 spiro atoms. The first kappa shape index (κ1) is 20.7. The largest absolute Gasteiger partial charge is 0.373 e. The number of pyridine rings is 1. The van der Waals surface area contributed by atoms with Crippen LogP contribution in [-0.4, -0.2) is 38.2 Å². The van der Waals surface area contributed by atoms with Gasteiger partial charge >= 0.3 is 0 Å². The molecule has 168 valence electrons. The van der Waals surface area contributed by atoms with Crippen LogP contribution in [-0.2, 0) is 0 Å². The van der Waals surface area contributed by atoms with Crippen LogP contribution in [0.2, 0.25) is 0 Å². The Balaban J connectivity index is 1.50. The molecule has 1 amide bonds. The zero-order chi connectivity index (χ0) is 22.9. The number of aromatic nitrogens is 4. The molecule has 3 heterocycles. The van der Waals surface area contributed by atoms with Crippen LogP contribution in [0, 0.1) is 5.82 Å². The molecule has 0 radical (unpaired) electrons. The van der Waals surface area contributed by atoms with Crippen molar-refractivity contribution in [3.05, 3.63) is 76.6 Å². The van der Waals surface area contributed by atoms with Crippen molar-refractivity contribution in [3.63, 3.8) is 0 Å². The average molecular weight is 447 g/mol. The lowest BCUT2D eigenvalue weighted by Crippen LogP contribution is -2.39. The zero-order valence-corrected chi connectivity index (χ0v) is 17.9. The van der Waals surface area contributed by atoms with Gasteiger partial charge in [-0.15, -0.1) is 0 Å². The normalized spacial score (nSPS) is 13.5. The molecule has 0 atom stereocenters. The van der Waals surface area contributed by atoms with Gasteiger partial charge in [-0.25, -0.2) is 9.37 Å². The smallest absolute Gasteiger partial charge is 0.278 e. The number of carbonyl (C=O) groups is 1. The predicted octanol–water partition coefficient (Wildman–Crippen LogP) is 3.09. The van der Waals surface area contributed by atoms with Crippen molar-refractivity contribution in [1.29, 1.82) is 0 Å². The number of nitrogens with zero attached hydrogens (tertiary/aromatic N) is 4. The van der Waals surface area contributed by atoms with E-state index < -0.39 is 0 Å². The number of hydrogen-bond donors (Lipinski definition) is 3. The van der Waals surface area contributed by atoms with Gasteiger partial charge in [0.25, 0.3) is 11.5 Å². The maximum Gasteiger partial charge on any atom is 0.278 e. The minimum absolute atomic E-state index is 0.187. The molecule has 1 saturated carbocycles. The predicted molar refractivity (Wildman–Crippen MR) is 123 cm³/mol. The van der Waals surface area contributed by atoms with E-state index in [0.29, 0.717) is 28.5 Å². The summed E-state index contributed by atoms with van der Waals surface area (Å²) in [7, 11) is 1.73. The summed E-state index contributed by atoms with van der Waals surface area (Å²) >= 11 is 0. The lowest BCUT2D eigenvalue weighted by molar-refractivity contribution is 0.0918. The van der Waals surface area contributed by atoms with Crippen molar-refractivity contribution >= 4 is 28.9 Å². The highest BCUT2D eigenvalue weighted by atomic mass is 19.1. The number of fused-ring (bicyclic) bond motifs is 1. The van der Waals surface area contributed by atoms with Gasteiger partial charge in [0.05, 0.1) is 6.20 Å². The highest BCUT2D eigenvalue weighted by Gasteiger charge is 2.23. The third kappa shape index (κ3) is 3.91. The molecule has 4 aromatic rings. The third-order valence-electron chi connectivity index (χ3n) is 5.73. The molecule has 3 aromatic heterocycles. The molecule has 1 aromatic carbocycles. The topological polar surface area (TPSA) is 105 Å². The quantitative estimate of drug-likeness (QED) is 0.420. The molecule has 0 bridgehead atoms. The summed E-state index contributed by atoms with van der Waals surface area (Å²) in [5, 5.41) is 13.4. The van der Waals surface area contributed by atoms with E-state index in [9.17, 15) is 14.0 Å². The number of carbonyl (C=O) groups excluding carboxylic acids is 1. The second-order valence-electron chi connectivity index (χ2n) is 7.87. The minimum atomic E-state index is -0.379. The highest BCUT2D eigenvalue weighted by Crippen LogP contribution is 2.23. The summed E-state index contributed by atoms with van der Waals surface area (Å²) in [6.45, 7) is 0. The molecular formula is C23H22FN7O2. The Labute approximate surface area is 188 Å². The average Bonchev–Trinajstić information content (AvgIpc) is 3.22. The summed E-state index contributed by atoms with van der Waals surface area (Å²) in [6, 6.07) is 10.9. The Kier molecular flexibility index (Phi) is 5.25. The minimum Gasteiger partial charge on any atom is -0.373 e. The Morgan fingerprint density at radius 2 is 1.97 bits per heavy atom. The van der Waals surface area contributed by atoms with Crippen molar-refractivity contribution in [2.75, 3.05) is 17.7 Å². The van der Waals surface area contributed by atoms with Gasteiger partial charge in [-0.2, -0.15) is 9.61 Å². The molecule has 0 saturated heterocycles. The number of halogens is 1. The van der Waals surface area contributed by atoms with Crippen molar-refractivity contribution in [2.45, 2.75) is 25.3 Å². The van der Waals surface area contributed by atoms with Gasteiger partial charge in [0, 0.05) is 31.0 Å². The van der Waals surface area contributed by atoms with Crippen LogP contribution in [0.15, 0.2) is 59.7 Å². The fraction of sp³-hybridized carbons (Fsp3) is 0.217.